The van der Waals surface area contributed by atoms with E-state index < -0.39 is 6.17 Å². The number of nitrogens with zero attached hydrogens (tertiary/aromatic N) is 1. The van der Waals surface area contributed by atoms with Crippen molar-refractivity contribution in [3.8, 4) is 11.5 Å². The Morgan fingerprint density at radius 2 is 2.24 bits per heavy atom. The lowest BCUT2D eigenvalue weighted by molar-refractivity contribution is 0.0934. The lowest BCUT2D eigenvalue weighted by Crippen LogP contribution is -2.38. The summed E-state index contributed by atoms with van der Waals surface area (Å²) in [6.07, 6.45) is 0.427. The highest BCUT2D eigenvalue weighted by atomic mass is 32.1. The van der Waals surface area contributed by atoms with Gasteiger partial charge < -0.3 is 20.5 Å². The molecule has 0 aliphatic carbocycles. The van der Waals surface area contributed by atoms with Crippen LogP contribution in [0.5, 0.6) is 11.5 Å². The maximum Gasteiger partial charge on any atom is 0.256 e. The molecule has 2 aliphatic heterocycles. The molecule has 0 fully saturated rings. The van der Waals surface area contributed by atoms with Gasteiger partial charge in [0.1, 0.15) is 11.2 Å². The van der Waals surface area contributed by atoms with Crippen LogP contribution >= 0.6 is 11.3 Å². The molecule has 3 heterocycles. The van der Waals surface area contributed by atoms with Crippen LogP contribution in [-0.2, 0) is 13.0 Å². The molecule has 4 rings (SSSR count). The first-order valence-electron chi connectivity index (χ1n) is 8.42. The average molecular weight is 359 g/mol. The number of phenolic OH excluding ortho intramolecular Hbond substituents is 1. The standard InChI is InChI=1S/C18H21N3O3S/c1-3-21-8-7-10-13(9-21)25-18-14(10)17(23)19-16(20-18)11-5-4-6-12(24-2)15(11)22/h4-6,16,20,22H,3,7-9H2,1-2H3,(H,19,23)/t16-/m0/s1. The first-order valence-corrected chi connectivity index (χ1v) is 9.24. The minimum atomic E-state index is -0.475. The third kappa shape index (κ3) is 2.63. The van der Waals surface area contributed by atoms with Gasteiger partial charge in [-0.05, 0) is 24.6 Å². The lowest BCUT2D eigenvalue weighted by Gasteiger charge is -2.28. The molecule has 1 amide bonds. The van der Waals surface area contributed by atoms with Gasteiger partial charge in [-0.1, -0.05) is 19.1 Å². The average Bonchev–Trinajstić information content (AvgIpc) is 2.99. The molecule has 1 aromatic heterocycles. The largest absolute Gasteiger partial charge is 0.504 e. The summed E-state index contributed by atoms with van der Waals surface area (Å²) in [6, 6.07) is 5.28. The molecule has 0 bridgehead atoms. The number of carbonyl (C=O) groups excluding carboxylic acids is 1. The van der Waals surface area contributed by atoms with Crippen LogP contribution in [0.1, 0.15) is 39.5 Å². The molecule has 1 atom stereocenters. The number of anilines is 1. The summed E-state index contributed by atoms with van der Waals surface area (Å²) >= 11 is 1.65. The van der Waals surface area contributed by atoms with E-state index in [2.05, 4.69) is 22.5 Å². The highest BCUT2D eigenvalue weighted by Gasteiger charge is 2.34. The van der Waals surface area contributed by atoms with Crippen LogP contribution in [0, 0.1) is 0 Å². The molecule has 132 valence electrons. The van der Waals surface area contributed by atoms with Crippen molar-refractivity contribution in [2.75, 3.05) is 25.5 Å². The molecular formula is C18H21N3O3S. The quantitative estimate of drug-likeness (QED) is 0.786. The fourth-order valence-corrected chi connectivity index (χ4v) is 4.85. The first kappa shape index (κ1) is 16.2. The van der Waals surface area contributed by atoms with Gasteiger partial charge in [-0.15, -0.1) is 11.3 Å². The van der Waals surface area contributed by atoms with E-state index >= 15 is 0 Å². The number of thiophene rings is 1. The smallest absolute Gasteiger partial charge is 0.256 e. The molecule has 0 saturated heterocycles. The minimum Gasteiger partial charge on any atom is -0.504 e. The van der Waals surface area contributed by atoms with E-state index in [-0.39, 0.29) is 11.7 Å². The molecule has 2 aromatic rings. The Labute approximate surface area is 150 Å². The summed E-state index contributed by atoms with van der Waals surface area (Å²) in [4.78, 5) is 16.4. The van der Waals surface area contributed by atoms with Crippen molar-refractivity contribution in [1.82, 2.24) is 10.2 Å². The Kier molecular flexibility index (Phi) is 4.05. The number of para-hydroxylation sites is 1. The number of nitrogens with one attached hydrogen (secondary N) is 2. The molecule has 0 unspecified atom stereocenters. The van der Waals surface area contributed by atoms with E-state index in [4.69, 9.17) is 4.74 Å². The summed E-state index contributed by atoms with van der Waals surface area (Å²) in [5.41, 5.74) is 2.54. The number of hydrogen-bond donors (Lipinski definition) is 3. The molecule has 0 radical (unpaired) electrons. The van der Waals surface area contributed by atoms with E-state index in [1.54, 1.807) is 29.5 Å². The van der Waals surface area contributed by atoms with Crippen molar-refractivity contribution < 1.29 is 14.6 Å². The molecule has 0 spiro atoms. The molecule has 0 saturated carbocycles. The highest BCUT2D eigenvalue weighted by molar-refractivity contribution is 7.16. The third-order valence-electron chi connectivity index (χ3n) is 4.92. The predicted molar refractivity (Wildman–Crippen MR) is 97.5 cm³/mol. The predicted octanol–water partition coefficient (Wildman–Crippen LogP) is 2.69. The molecule has 3 N–H and O–H groups in total. The van der Waals surface area contributed by atoms with Gasteiger partial charge in [0.25, 0.3) is 5.91 Å². The first-order chi connectivity index (χ1) is 12.1. The van der Waals surface area contributed by atoms with E-state index in [0.717, 1.165) is 36.6 Å². The number of hydrogen-bond acceptors (Lipinski definition) is 6. The van der Waals surface area contributed by atoms with Gasteiger partial charge in [-0.2, -0.15) is 0 Å². The SMILES string of the molecule is CCN1CCc2c(sc3c2C(=O)N[C@H](c2cccc(OC)c2O)N3)C1. The number of rotatable bonds is 3. The lowest BCUT2D eigenvalue weighted by atomic mass is 10.00. The molecule has 2 aliphatic rings. The number of carbonyl (C=O) groups is 1. The number of aromatic hydroxyl groups is 1. The summed E-state index contributed by atoms with van der Waals surface area (Å²) in [5.74, 6) is 0.358. The zero-order valence-corrected chi connectivity index (χ0v) is 15.1. The maximum absolute atomic E-state index is 12.7. The van der Waals surface area contributed by atoms with Crippen molar-refractivity contribution in [3.63, 3.8) is 0 Å². The Balaban J connectivity index is 1.69. The van der Waals surface area contributed by atoms with Crippen LogP contribution < -0.4 is 15.4 Å². The highest BCUT2D eigenvalue weighted by Crippen LogP contribution is 2.42. The molecule has 6 nitrogen and oxygen atoms in total. The molecular weight excluding hydrogens is 338 g/mol. The van der Waals surface area contributed by atoms with Crippen LogP contribution in [0.3, 0.4) is 0 Å². The minimum absolute atomic E-state index is 0.0460. The number of phenols is 1. The van der Waals surface area contributed by atoms with E-state index in [0.29, 0.717) is 11.3 Å². The fourth-order valence-electron chi connectivity index (χ4n) is 3.53. The zero-order valence-electron chi connectivity index (χ0n) is 14.3. The van der Waals surface area contributed by atoms with Gasteiger partial charge in [-0.3, -0.25) is 9.69 Å². The van der Waals surface area contributed by atoms with Gasteiger partial charge in [0.2, 0.25) is 0 Å². The second kappa shape index (κ2) is 6.24. The fraction of sp³-hybridized carbons (Fsp3) is 0.389. The van der Waals surface area contributed by atoms with E-state index in [9.17, 15) is 9.90 Å². The Hall–Kier alpha value is -2.25. The van der Waals surface area contributed by atoms with Gasteiger partial charge in [0, 0.05) is 23.5 Å². The zero-order chi connectivity index (χ0) is 17.6. The van der Waals surface area contributed by atoms with Gasteiger partial charge in [-0.25, -0.2) is 0 Å². The maximum atomic E-state index is 12.7. The number of methoxy groups -OCH3 is 1. The van der Waals surface area contributed by atoms with Gasteiger partial charge in [0.15, 0.2) is 11.5 Å². The molecule has 7 heteroatoms. The number of fused-ring (bicyclic) bond motifs is 3. The van der Waals surface area contributed by atoms with Crippen molar-refractivity contribution in [2.45, 2.75) is 26.1 Å². The number of ether oxygens (including phenoxy) is 1. The van der Waals surface area contributed by atoms with Crippen LogP contribution in [-0.4, -0.2) is 36.1 Å². The van der Waals surface area contributed by atoms with Gasteiger partial charge in [0.05, 0.1) is 12.7 Å². The van der Waals surface area contributed by atoms with Crippen LogP contribution in [0.4, 0.5) is 5.00 Å². The summed E-state index contributed by atoms with van der Waals surface area (Å²) in [5, 5.41) is 17.6. The second-order valence-corrected chi connectivity index (χ2v) is 7.38. The number of likely N-dealkylation sites (N-methyl/N-ethyl adjacent to an activating group) is 1. The van der Waals surface area contributed by atoms with Crippen molar-refractivity contribution in [1.29, 1.82) is 0 Å². The second-order valence-electron chi connectivity index (χ2n) is 6.28. The Bertz CT molecular complexity index is 833. The third-order valence-corrected chi connectivity index (χ3v) is 6.07. The summed E-state index contributed by atoms with van der Waals surface area (Å²) in [7, 11) is 1.51. The van der Waals surface area contributed by atoms with Crippen molar-refractivity contribution >= 4 is 22.2 Å². The van der Waals surface area contributed by atoms with Crippen LogP contribution in [0.15, 0.2) is 18.2 Å². The van der Waals surface area contributed by atoms with Crippen molar-refractivity contribution in [2.24, 2.45) is 0 Å². The van der Waals surface area contributed by atoms with Crippen LogP contribution in [0.2, 0.25) is 0 Å². The Morgan fingerprint density at radius 1 is 1.40 bits per heavy atom. The molecule has 1 aromatic carbocycles. The summed E-state index contributed by atoms with van der Waals surface area (Å²) in [6.45, 7) is 5.06. The van der Waals surface area contributed by atoms with E-state index in [1.807, 2.05) is 0 Å². The van der Waals surface area contributed by atoms with Gasteiger partial charge >= 0.3 is 0 Å². The summed E-state index contributed by atoms with van der Waals surface area (Å²) < 4.78 is 5.17. The number of amides is 1. The van der Waals surface area contributed by atoms with E-state index in [1.165, 1.54) is 17.6 Å². The topological polar surface area (TPSA) is 73.8 Å². The van der Waals surface area contributed by atoms with Crippen molar-refractivity contribution in [3.05, 3.63) is 39.8 Å². The molecule has 25 heavy (non-hydrogen) atoms. The Morgan fingerprint density at radius 3 is 3.00 bits per heavy atom. The monoisotopic (exact) mass is 359 g/mol. The number of benzene rings is 1. The van der Waals surface area contributed by atoms with Crippen LogP contribution in [0.25, 0.3) is 0 Å². The normalized spacial score (nSPS) is 19.6.